The molecule has 2 heterocycles. The molecule has 0 unspecified atom stereocenters. The second-order valence-electron chi connectivity index (χ2n) is 3.87. The molecule has 0 radical (unpaired) electrons. The number of nitrogens with zero attached hydrogens (tertiary/aromatic N) is 3. The van der Waals surface area contributed by atoms with E-state index in [0.29, 0.717) is 12.4 Å². The summed E-state index contributed by atoms with van der Waals surface area (Å²) in [6, 6.07) is 1.94. The van der Waals surface area contributed by atoms with Crippen molar-refractivity contribution < 1.29 is 13.9 Å². The normalized spacial score (nSPS) is 15.9. The highest BCUT2D eigenvalue weighted by atomic mass is 16.5. The first-order chi connectivity index (χ1) is 8.76. The number of carbonyl (C=O) groups excluding carboxylic acids is 1. The van der Waals surface area contributed by atoms with E-state index < -0.39 is 5.97 Å². The van der Waals surface area contributed by atoms with Crippen LogP contribution < -0.4 is 10.2 Å². The van der Waals surface area contributed by atoms with Crippen LogP contribution in [-0.4, -0.2) is 44.2 Å². The van der Waals surface area contributed by atoms with E-state index >= 15 is 0 Å². The topological polar surface area (TPSA) is 91.4 Å². The first kappa shape index (κ1) is 12.4. The van der Waals surface area contributed by atoms with Crippen LogP contribution in [0.2, 0.25) is 0 Å². The van der Waals surface area contributed by atoms with Gasteiger partial charge in [0.15, 0.2) is 0 Å². The van der Waals surface area contributed by atoms with Gasteiger partial charge < -0.3 is 19.4 Å². The zero-order valence-electron chi connectivity index (χ0n) is 10.1. The lowest BCUT2D eigenvalue weighted by atomic mass is 10.3. The molecule has 0 spiro atoms. The van der Waals surface area contributed by atoms with Gasteiger partial charge in [0, 0.05) is 19.6 Å². The number of hydrogen-bond donors (Lipinski definition) is 1. The predicted octanol–water partition coefficient (Wildman–Crippen LogP) is 0.133. The number of ether oxygens (including phenoxy) is 1. The smallest absolute Gasteiger partial charge is 0.394 e. The van der Waals surface area contributed by atoms with Crippen LogP contribution in [0.5, 0.6) is 0 Å². The van der Waals surface area contributed by atoms with Gasteiger partial charge in [-0.1, -0.05) is 0 Å². The highest BCUT2D eigenvalue weighted by Gasteiger charge is 2.23. The standard InChI is InChI=1S/C11H14N4O3/c1-17-11(16)9-14-8(7-12)10(18-9)15-5-2-3-13-4-6-15/h13H,2-6H2,1H3. The molecule has 0 aliphatic carbocycles. The molecular formula is C11H14N4O3. The van der Waals surface area contributed by atoms with E-state index in [2.05, 4.69) is 15.0 Å². The van der Waals surface area contributed by atoms with Crippen molar-refractivity contribution in [3.05, 3.63) is 11.6 Å². The summed E-state index contributed by atoms with van der Waals surface area (Å²) in [5.41, 5.74) is 0.123. The Bertz CT molecular complexity index is 469. The van der Waals surface area contributed by atoms with Gasteiger partial charge in [0.05, 0.1) is 7.11 Å². The predicted molar refractivity (Wildman–Crippen MR) is 62.3 cm³/mol. The molecule has 1 aromatic rings. The highest BCUT2D eigenvalue weighted by molar-refractivity contribution is 5.84. The fraction of sp³-hybridized carbons (Fsp3) is 0.545. The molecule has 7 nitrogen and oxygen atoms in total. The van der Waals surface area contributed by atoms with Crippen LogP contribution in [0.3, 0.4) is 0 Å². The molecule has 2 rings (SSSR count). The van der Waals surface area contributed by atoms with Crippen LogP contribution >= 0.6 is 0 Å². The Balaban J connectivity index is 2.28. The third kappa shape index (κ3) is 2.43. The first-order valence-corrected chi connectivity index (χ1v) is 5.71. The molecule has 1 N–H and O–H groups in total. The van der Waals surface area contributed by atoms with Crippen LogP contribution in [0.1, 0.15) is 22.8 Å². The largest absolute Gasteiger partial charge is 0.462 e. The van der Waals surface area contributed by atoms with E-state index in [1.807, 2.05) is 11.0 Å². The Kier molecular flexibility index (Phi) is 3.79. The molecule has 1 saturated heterocycles. The molecule has 0 amide bonds. The minimum atomic E-state index is -0.675. The van der Waals surface area contributed by atoms with Crippen molar-refractivity contribution in [1.82, 2.24) is 10.3 Å². The van der Waals surface area contributed by atoms with Crippen molar-refractivity contribution in [2.45, 2.75) is 6.42 Å². The fourth-order valence-electron chi connectivity index (χ4n) is 1.82. The van der Waals surface area contributed by atoms with E-state index in [-0.39, 0.29) is 11.6 Å². The maximum Gasteiger partial charge on any atom is 0.394 e. The summed E-state index contributed by atoms with van der Waals surface area (Å²) in [5, 5.41) is 12.3. The lowest BCUT2D eigenvalue weighted by Gasteiger charge is -2.18. The molecule has 1 aliphatic heterocycles. The average molecular weight is 250 g/mol. The molecule has 1 aliphatic rings. The summed E-state index contributed by atoms with van der Waals surface area (Å²) < 4.78 is 9.87. The molecule has 0 aromatic carbocycles. The molecule has 0 atom stereocenters. The Morgan fingerprint density at radius 3 is 3.11 bits per heavy atom. The van der Waals surface area contributed by atoms with E-state index in [1.54, 1.807) is 0 Å². The van der Waals surface area contributed by atoms with Crippen molar-refractivity contribution in [1.29, 1.82) is 5.26 Å². The number of nitrogens with one attached hydrogen (secondary N) is 1. The summed E-state index contributed by atoms with van der Waals surface area (Å²) >= 11 is 0. The number of oxazole rings is 1. The third-order valence-corrected chi connectivity index (χ3v) is 2.70. The van der Waals surface area contributed by atoms with Crippen LogP contribution in [0.25, 0.3) is 0 Å². The number of carbonyl (C=O) groups is 1. The third-order valence-electron chi connectivity index (χ3n) is 2.70. The SMILES string of the molecule is COC(=O)c1nc(C#N)c(N2CCCNCC2)o1. The maximum absolute atomic E-state index is 11.3. The highest BCUT2D eigenvalue weighted by Crippen LogP contribution is 2.22. The number of methoxy groups -OCH3 is 1. The van der Waals surface area contributed by atoms with Gasteiger partial charge in [-0.2, -0.15) is 10.2 Å². The van der Waals surface area contributed by atoms with Crippen molar-refractivity contribution >= 4 is 11.9 Å². The minimum Gasteiger partial charge on any atom is -0.462 e. The average Bonchev–Trinajstić information content (AvgIpc) is 2.65. The van der Waals surface area contributed by atoms with E-state index in [4.69, 9.17) is 9.68 Å². The van der Waals surface area contributed by atoms with Gasteiger partial charge in [0.1, 0.15) is 6.07 Å². The van der Waals surface area contributed by atoms with Gasteiger partial charge in [0.2, 0.25) is 11.6 Å². The first-order valence-electron chi connectivity index (χ1n) is 5.71. The Morgan fingerprint density at radius 1 is 1.56 bits per heavy atom. The fourth-order valence-corrected chi connectivity index (χ4v) is 1.82. The van der Waals surface area contributed by atoms with Crippen molar-refractivity contribution in [3.8, 4) is 6.07 Å². The van der Waals surface area contributed by atoms with E-state index in [1.165, 1.54) is 7.11 Å². The molecular weight excluding hydrogens is 236 g/mol. The molecule has 7 heteroatoms. The van der Waals surface area contributed by atoms with Gasteiger partial charge >= 0.3 is 11.9 Å². The van der Waals surface area contributed by atoms with Gasteiger partial charge in [-0.25, -0.2) is 4.79 Å². The number of nitriles is 1. The zero-order chi connectivity index (χ0) is 13.0. The van der Waals surface area contributed by atoms with Gasteiger partial charge in [0.25, 0.3) is 0 Å². The van der Waals surface area contributed by atoms with Crippen LogP contribution in [0.15, 0.2) is 4.42 Å². The van der Waals surface area contributed by atoms with Crippen molar-refractivity contribution in [2.24, 2.45) is 0 Å². The van der Waals surface area contributed by atoms with Crippen molar-refractivity contribution in [3.63, 3.8) is 0 Å². The summed E-state index contributed by atoms with van der Waals surface area (Å²) in [5.74, 6) is -0.506. The lowest BCUT2D eigenvalue weighted by molar-refractivity contribution is 0.0556. The van der Waals surface area contributed by atoms with Crippen LogP contribution in [0.4, 0.5) is 5.88 Å². The van der Waals surface area contributed by atoms with Gasteiger partial charge in [-0.3, -0.25) is 0 Å². The summed E-state index contributed by atoms with van der Waals surface area (Å²) in [6.07, 6.45) is 0.944. The second-order valence-corrected chi connectivity index (χ2v) is 3.87. The Morgan fingerprint density at radius 2 is 2.39 bits per heavy atom. The molecule has 1 fully saturated rings. The van der Waals surface area contributed by atoms with Gasteiger partial charge in [-0.05, 0) is 13.0 Å². The summed E-state index contributed by atoms with van der Waals surface area (Å²) in [6.45, 7) is 3.21. The number of anilines is 1. The van der Waals surface area contributed by atoms with Crippen molar-refractivity contribution in [2.75, 3.05) is 38.2 Å². The quantitative estimate of drug-likeness (QED) is 0.746. The minimum absolute atomic E-state index is 0.123. The van der Waals surface area contributed by atoms with E-state index in [9.17, 15) is 4.79 Å². The number of esters is 1. The maximum atomic E-state index is 11.3. The molecule has 18 heavy (non-hydrogen) atoms. The zero-order valence-corrected chi connectivity index (χ0v) is 10.1. The number of hydrogen-bond acceptors (Lipinski definition) is 7. The molecule has 1 aromatic heterocycles. The Labute approximate surface area is 104 Å². The Hall–Kier alpha value is -2.07. The lowest BCUT2D eigenvalue weighted by Crippen LogP contribution is -2.28. The number of rotatable bonds is 2. The van der Waals surface area contributed by atoms with Crippen LogP contribution in [-0.2, 0) is 4.74 Å². The molecule has 0 bridgehead atoms. The second kappa shape index (κ2) is 5.51. The number of aromatic nitrogens is 1. The van der Waals surface area contributed by atoms with E-state index in [0.717, 1.165) is 26.1 Å². The van der Waals surface area contributed by atoms with Crippen LogP contribution in [0, 0.1) is 11.3 Å². The summed E-state index contributed by atoms with van der Waals surface area (Å²) in [7, 11) is 1.24. The molecule has 0 saturated carbocycles. The summed E-state index contributed by atoms with van der Waals surface area (Å²) in [4.78, 5) is 17.1. The molecule has 96 valence electrons. The monoisotopic (exact) mass is 250 g/mol. The van der Waals surface area contributed by atoms with Gasteiger partial charge in [-0.15, -0.1) is 0 Å².